The van der Waals surface area contributed by atoms with Crippen LogP contribution in [-0.2, 0) is 0 Å². The van der Waals surface area contributed by atoms with Gasteiger partial charge in [-0.25, -0.2) is 0 Å². The van der Waals surface area contributed by atoms with Crippen LogP contribution < -0.4 is 0 Å². The summed E-state index contributed by atoms with van der Waals surface area (Å²) in [5.74, 6) is 0. The summed E-state index contributed by atoms with van der Waals surface area (Å²) in [6.07, 6.45) is 2.43. The lowest BCUT2D eigenvalue weighted by Crippen LogP contribution is -2.34. The van der Waals surface area contributed by atoms with Crippen molar-refractivity contribution in [1.82, 2.24) is 4.90 Å². The first kappa shape index (κ1) is 9.90. The van der Waals surface area contributed by atoms with Crippen molar-refractivity contribution in [3.63, 3.8) is 0 Å². The van der Waals surface area contributed by atoms with Crippen molar-refractivity contribution in [1.29, 1.82) is 5.41 Å². The largest absolute Gasteiger partial charge is 0.348 e. The monoisotopic (exact) mass is 186 g/mol. The van der Waals surface area contributed by atoms with E-state index in [1.807, 2.05) is 0 Å². The third kappa shape index (κ3) is 1.94. The summed E-state index contributed by atoms with van der Waals surface area (Å²) in [6, 6.07) is 0.550. The normalized spacial score (nSPS) is 29.9. The van der Waals surface area contributed by atoms with Crippen LogP contribution in [0.25, 0.3) is 0 Å². The van der Waals surface area contributed by atoms with E-state index < -0.39 is 0 Å². The van der Waals surface area contributed by atoms with E-state index >= 15 is 0 Å². The van der Waals surface area contributed by atoms with Gasteiger partial charge < -0.3 is 4.90 Å². The predicted octanol–water partition coefficient (Wildman–Crippen LogP) is 2.55. The van der Waals surface area contributed by atoms with Gasteiger partial charge in [0.15, 0.2) is 5.17 Å². The fourth-order valence-corrected chi connectivity index (χ4v) is 2.50. The topological polar surface area (TPSA) is 27.1 Å². The van der Waals surface area contributed by atoms with Crippen LogP contribution in [-0.4, -0.2) is 27.9 Å². The summed E-state index contributed by atoms with van der Waals surface area (Å²) in [7, 11) is 0. The zero-order valence-electron chi connectivity index (χ0n) is 8.13. The number of nitrogens with one attached hydrogen (secondary N) is 1. The van der Waals surface area contributed by atoms with Gasteiger partial charge in [0.2, 0.25) is 0 Å². The second kappa shape index (κ2) is 4.17. The van der Waals surface area contributed by atoms with E-state index in [0.717, 1.165) is 11.7 Å². The Labute approximate surface area is 79.2 Å². The predicted molar refractivity (Wildman–Crippen MR) is 55.9 cm³/mol. The Balaban J connectivity index is 2.46. The number of thioether (sulfide) groups is 1. The van der Waals surface area contributed by atoms with Gasteiger partial charge in [0.1, 0.15) is 0 Å². The van der Waals surface area contributed by atoms with Crippen molar-refractivity contribution < 1.29 is 0 Å². The van der Waals surface area contributed by atoms with Crippen LogP contribution in [0.15, 0.2) is 0 Å². The van der Waals surface area contributed by atoms with Crippen LogP contribution in [0.3, 0.4) is 0 Å². The minimum Gasteiger partial charge on any atom is -0.348 e. The van der Waals surface area contributed by atoms with Gasteiger partial charge in [0.25, 0.3) is 0 Å². The zero-order valence-corrected chi connectivity index (χ0v) is 8.95. The van der Waals surface area contributed by atoms with Crippen LogP contribution in [0.4, 0.5) is 0 Å². The molecule has 1 aliphatic rings. The molecule has 2 nitrogen and oxygen atoms in total. The molecule has 12 heavy (non-hydrogen) atoms. The number of hydrogen-bond donors (Lipinski definition) is 1. The molecule has 70 valence electrons. The maximum Gasteiger partial charge on any atom is 0.156 e. The molecule has 0 aliphatic carbocycles. The molecule has 0 aromatic rings. The molecule has 1 aliphatic heterocycles. The van der Waals surface area contributed by atoms with Crippen LogP contribution in [0, 0.1) is 5.41 Å². The van der Waals surface area contributed by atoms with Crippen molar-refractivity contribution in [3.05, 3.63) is 0 Å². The Hall–Kier alpha value is -0.180. The van der Waals surface area contributed by atoms with Crippen LogP contribution >= 0.6 is 11.8 Å². The first-order chi connectivity index (χ1) is 5.66. The average molecular weight is 186 g/mol. The molecular formula is C9H18N2S. The second-order valence-electron chi connectivity index (χ2n) is 3.42. The van der Waals surface area contributed by atoms with E-state index in [2.05, 4.69) is 25.7 Å². The number of hydrogen-bond acceptors (Lipinski definition) is 2. The molecule has 0 bridgehead atoms. The van der Waals surface area contributed by atoms with Gasteiger partial charge >= 0.3 is 0 Å². The lowest BCUT2D eigenvalue weighted by atomic mass is 10.2. The second-order valence-corrected chi connectivity index (χ2v) is 4.78. The Morgan fingerprint density at radius 1 is 1.50 bits per heavy atom. The van der Waals surface area contributed by atoms with Crippen LogP contribution in [0.5, 0.6) is 0 Å². The molecule has 1 N–H and O–H groups in total. The van der Waals surface area contributed by atoms with Gasteiger partial charge in [0, 0.05) is 17.8 Å². The highest BCUT2D eigenvalue weighted by Crippen LogP contribution is 2.30. The van der Waals surface area contributed by atoms with E-state index in [1.165, 1.54) is 12.8 Å². The Morgan fingerprint density at radius 3 is 2.58 bits per heavy atom. The minimum absolute atomic E-state index is 0.550. The molecule has 1 fully saturated rings. The van der Waals surface area contributed by atoms with E-state index in [4.69, 9.17) is 5.41 Å². The molecule has 0 aromatic carbocycles. The van der Waals surface area contributed by atoms with Crippen molar-refractivity contribution in [3.8, 4) is 0 Å². The van der Waals surface area contributed by atoms with Gasteiger partial charge in [0.05, 0.1) is 0 Å². The molecule has 2 atom stereocenters. The maximum atomic E-state index is 7.73. The molecule has 0 radical (unpaired) electrons. The first-order valence-electron chi connectivity index (χ1n) is 4.68. The molecule has 0 saturated carbocycles. The van der Waals surface area contributed by atoms with Gasteiger partial charge in [-0.3, -0.25) is 5.41 Å². The van der Waals surface area contributed by atoms with Crippen molar-refractivity contribution in [2.45, 2.75) is 44.9 Å². The first-order valence-corrected chi connectivity index (χ1v) is 5.56. The summed E-state index contributed by atoms with van der Waals surface area (Å²) in [6.45, 7) is 7.68. The van der Waals surface area contributed by atoms with Crippen molar-refractivity contribution in [2.24, 2.45) is 0 Å². The zero-order chi connectivity index (χ0) is 9.14. The lowest BCUT2D eigenvalue weighted by molar-refractivity contribution is 0.338. The summed E-state index contributed by atoms with van der Waals surface area (Å²) < 4.78 is 0. The third-order valence-corrected chi connectivity index (χ3v) is 3.71. The molecule has 0 spiro atoms. The van der Waals surface area contributed by atoms with Crippen molar-refractivity contribution in [2.75, 3.05) is 6.54 Å². The molecule has 0 aromatic heterocycles. The highest BCUT2D eigenvalue weighted by molar-refractivity contribution is 8.14. The minimum atomic E-state index is 0.550. The van der Waals surface area contributed by atoms with Gasteiger partial charge in [-0.2, -0.15) is 0 Å². The smallest absolute Gasteiger partial charge is 0.156 e. The summed E-state index contributed by atoms with van der Waals surface area (Å²) in [5, 5.41) is 9.09. The van der Waals surface area contributed by atoms with Gasteiger partial charge in [-0.15, -0.1) is 0 Å². The van der Waals surface area contributed by atoms with E-state index in [0.29, 0.717) is 11.3 Å². The van der Waals surface area contributed by atoms with E-state index in [1.54, 1.807) is 11.8 Å². The number of amidine groups is 1. The molecule has 1 heterocycles. The standard InChI is InChI=1S/C9H18N2S/c1-4-5-6-11-7(2)8(3)12-9(11)10/h7-8,10H,4-6H2,1-3H3/t7-,8+/m1/s1. The molecule has 3 heteroatoms. The Morgan fingerprint density at radius 2 is 2.17 bits per heavy atom. The fourth-order valence-electron chi connectivity index (χ4n) is 1.41. The third-order valence-electron chi connectivity index (χ3n) is 2.48. The maximum absolute atomic E-state index is 7.73. The Bertz CT molecular complexity index is 170. The Kier molecular flexibility index (Phi) is 3.44. The van der Waals surface area contributed by atoms with E-state index in [9.17, 15) is 0 Å². The van der Waals surface area contributed by atoms with E-state index in [-0.39, 0.29) is 0 Å². The average Bonchev–Trinajstić information content (AvgIpc) is 2.25. The highest BCUT2D eigenvalue weighted by Gasteiger charge is 2.31. The molecule has 0 amide bonds. The van der Waals surface area contributed by atoms with Crippen LogP contribution in [0.1, 0.15) is 33.6 Å². The number of rotatable bonds is 3. The number of nitrogens with zero attached hydrogens (tertiary/aromatic N) is 1. The summed E-state index contributed by atoms with van der Waals surface area (Å²) in [5.41, 5.74) is 0. The molecule has 0 unspecified atom stereocenters. The molecular weight excluding hydrogens is 168 g/mol. The quantitative estimate of drug-likeness (QED) is 0.733. The number of unbranched alkanes of at least 4 members (excludes halogenated alkanes) is 1. The van der Waals surface area contributed by atoms with Crippen LogP contribution in [0.2, 0.25) is 0 Å². The van der Waals surface area contributed by atoms with Gasteiger partial charge in [-0.05, 0) is 13.3 Å². The summed E-state index contributed by atoms with van der Waals surface area (Å²) >= 11 is 1.70. The lowest BCUT2D eigenvalue weighted by Gasteiger charge is -2.23. The van der Waals surface area contributed by atoms with Crippen molar-refractivity contribution >= 4 is 16.9 Å². The fraction of sp³-hybridized carbons (Fsp3) is 0.889. The van der Waals surface area contributed by atoms with Gasteiger partial charge in [-0.1, -0.05) is 32.0 Å². The molecule has 1 rings (SSSR count). The highest BCUT2D eigenvalue weighted by atomic mass is 32.2. The summed E-state index contributed by atoms with van der Waals surface area (Å²) in [4.78, 5) is 2.22. The molecule has 1 saturated heterocycles. The SMILES string of the molecule is CCCCN1C(=N)S[C@@H](C)[C@H]1C.